The number of aliphatic imine (C=N–C) groups is 1. The van der Waals surface area contributed by atoms with Gasteiger partial charge in [0.05, 0.1) is 6.54 Å². The molecule has 0 aliphatic heterocycles. The van der Waals surface area contributed by atoms with Gasteiger partial charge in [-0.25, -0.2) is 4.98 Å². The number of carbonyl (C=O) groups excluding carboxylic acids is 1. The van der Waals surface area contributed by atoms with Crippen LogP contribution in [-0.4, -0.2) is 47.1 Å². The van der Waals surface area contributed by atoms with Gasteiger partial charge in [-0.3, -0.25) is 9.79 Å². The van der Waals surface area contributed by atoms with E-state index in [1.807, 2.05) is 51.4 Å². The molecule has 1 heterocycles. The average molecular weight is 371 g/mol. The SMILES string of the molecule is CN=C(NCCc1nccn1Cc1ccccc1)NCC(=O)NC(C)(C)C. The van der Waals surface area contributed by atoms with Crippen LogP contribution >= 0.6 is 0 Å². The molecule has 0 radical (unpaired) electrons. The van der Waals surface area contributed by atoms with Crippen LogP contribution in [0.1, 0.15) is 32.2 Å². The quantitative estimate of drug-likeness (QED) is 0.510. The number of carbonyl (C=O) groups is 1. The predicted molar refractivity (Wildman–Crippen MR) is 109 cm³/mol. The number of benzene rings is 1. The second kappa shape index (κ2) is 9.75. The van der Waals surface area contributed by atoms with Crippen molar-refractivity contribution in [3.63, 3.8) is 0 Å². The summed E-state index contributed by atoms with van der Waals surface area (Å²) in [5, 5.41) is 9.16. The van der Waals surface area contributed by atoms with Gasteiger partial charge in [-0.2, -0.15) is 0 Å². The minimum absolute atomic E-state index is 0.0659. The monoisotopic (exact) mass is 370 g/mol. The summed E-state index contributed by atoms with van der Waals surface area (Å²) in [7, 11) is 1.69. The Kier molecular flexibility index (Phi) is 7.40. The molecular formula is C20H30N6O. The van der Waals surface area contributed by atoms with E-state index in [0.717, 1.165) is 18.8 Å². The van der Waals surface area contributed by atoms with Gasteiger partial charge in [-0.05, 0) is 26.3 Å². The van der Waals surface area contributed by atoms with Crippen LogP contribution in [-0.2, 0) is 17.8 Å². The van der Waals surface area contributed by atoms with Gasteiger partial charge in [0.15, 0.2) is 5.96 Å². The molecule has 0 fully saturated rings. The number of rotatable bonds is 7. The maximum Gasteiger partial charge on any atom is 0.239 e. The minimum atomic E-state index is -0.245. The van der Waals surface area contributed by atoms with E-state index in [2.05, 4.69) is 42.6 Å². The van der Waals surface area contributed by atoms with Crippen molar-refractivity contribution in [2.24, 2.45) is 4.99 Å². The van der Waals surface area contributed by atoms with E-state index < -0.39 is 0 Å². The third kappa shape index (κ3) is 7.52. The fourth-order valence-electron chi connectivity index (χ4n) is 2.63. The molecule has 0 spiro atoms. The highest BCUT2D eigenvalue weighted by Gasteiger charge is 2.13. The van der Waals surface area contributed by atoms with Gasteiger partial charge in [0, 0.05) is 44.5 Å². The van der Waals surface area contributed by atoms with E-state index in [1.54, 1.807) is 7.05 Å². The summed E-state index contributed by atoms with van der Waals surface area (Å²) in [6.07, 6.45) is 4.57. The van der Waals surface area contributed by atoms with E-state index >= 15 is 0 Å². The Labute approximate surface area is 161 Å². The van der Waals surface area contributed by atoms with Gasteiger partial charge in [-0.15, -0.1) is 0 Å². The van der Waals surface area contributed by atoms with Crippen molar-refractivity contribution >= 4 is 11.9 Å². The molecule has 0 unspecified atom stereocenters. The number of hydrogen-bond acceptors (Lipinski definition) is 3. The van der Waals surface area contributed by atoms with Crippen LogP contribution in [0.2, 0.25) is 0 Å². The Morgan fingerprint density at radius 2 is 1.93 bits per heavy atom. The van der Waals surface area contributed by atoms with E-state index in [-0.39, 0.29) is 18.0 Å². The first kappa shape index (κ1) is 20.5. The summed E-state index contributed by atoms with van der Waals surface area (Å²) in [5.41, 5.74) is 0.998. The van der Waals surface area contributed by atoms with Crippen molar-refractivity contribution in [1.82, 2.24) is 25.5 Å². The second-order valence-corrected chi connectivity index (χ2v) is 7.36. The van der Waals surface area contributed by atoms with Crippen LogP contribution < -0.4 is 16.0 Å². The Morgan fingerprint density at radius 3 is 2.59 bits per heavy atom. The van der Waals surface area contributed by atoms with Crippen molar-refractivity contribution in [3.8, 4) is 0 Å². The molecule has 1 aromatic heterocycles. The zero-order valence-corrected chi connectivity index (χ0v) is 16.6. The van der Waals surface area contributed by atoms with Crippen LogP contribution in [0.25, 0.3) is 0 Å². The van der Waals surface area contributed by atoms with E-state index in [4.69, 9.17) is 0 Å². The Bertz CT molecular complexity index is 745. The predicted octanol–water partition coefficient (Wildman–Crippen LogP) is 1.55. The zero-order valence-electron chi connectivity index (χ0n) is 16.6. The normalized spacial score (nSPS) is 11.9. The standard InChI is InChI=1S/C20H30N6O/c1-20(2,3)25-18(27)14-24-19(21-4)23-11-10-17-22-12-13-26(17)15-16-8-6-5-7-9-16/h5-9,12-13H,10-11,14-15H2,1-4H3,(H,25,27)(H2,21,23,24). The summed E-state index contributed by atoms with van der Waals surface area (Å²) in [5.74, 6) is 1.54. The zero-order chi connectivity index (χ0) is 19.7. The van der Waals surface area contributed by atoms with Crippen LogP contribution in [0.4, 0.5) is 0 Å². The van der Waals surface area contributed by atoms with Gasteiger partial charge in [-0.1, -0.05) is 30.3 Å². The second-order valence-electron chi connectivity index (χ2n) is 7.36. The molecule has 0 aliphatic carbocycles. The van der Waals surface area contributed by atoms with Gasteiger partial charge >= 0.3 is 0 Å². The largest absolute Gasteiger partial charge is 0.356 e. The number of nitrogens with one attached hydrogen (secondary N) is 3. The number of aromatic nitrogens is 2. The topological polar surface area (TPSA) is 83.3 Å². The number of guanidine groups is 1. The molecule has 7 heteroatoms. The maximum atomic E-state index is 11.9. The average Bonchev–Trinajstić information content (AvgIpc) is 3.04. The van der Waals surface area contributed by atoms with Crippen molar-refractivity contribution in [3.05, 3.63) is 54.1 Å². The van der Waals surface area contributed by atoms with Gasteiger partial charge in [0.1, 0.15) is 5.82 Å². The first-order valence-electron chi connectivity index (χ1n) is 9.17. The summed E-state index contributed by atoms with van der Waals surface area (Å²) >= 11 is 0. The Hall–Kier alpha value is -2.83. The highest BCUT2D eigenvalue weighted by Crippen LogP contribution is 2.05. The molecule has 2 aromatic rings. The molecule has 3 N–H and O–H groups in total. The minimum Gasteiger partial charge on any atom is -0.356 e. The molecule has 0 saturated carbocycles. The molecule has 1 aromatic carbocycles. The lowest BCUT2D eigenvalue weighted by Gasteiger charge is -2.21. The Morgan fingerprint density at radius 1 is 1.19 bits per heavy atom. The number of amides is 1. The first-order chi connectivity index (χ1) is 12.9. The maximum absolute atomic E-state index is 11.9. The van der Waals surface area contributed by atoms with Gasteiger partial charge < -0.3 is 20.5 Å². The fourth-order valence-corrected chi connectivity index (χ4v) is 2.63. The van der Waals surface area contributed by atoms with E-state index in [0.29, 0.717) is 12.5 Å². The molecule has 1 amide bonds. The highest BCUT2D eigenvalue weighted by molar-refractivity contribution is 5.86. The lowest BCUT2D eigenvalue weighted by Crippen LogP contribution is -2.48. The fraction of sp³-hybridized carbons (Fsp3) is 0.450. The molecule has 2 rings (SSSR count). The molecule has 7 nitrogen and oxygen atoms in total. The summed E-state index contributed by atoms with van der Waals surface area (Å²) < 4.78 is 2.14. The number of hydrogen-bond donors (Lipinski definition) is 3. The number of imidazole rings is 1. The molecular weight excluding hydrogens is 340 g/mol. The van der Waals surface area contributed by atoms with Crippen LogP contribution in [0.15, 0.2) is 47.7 Å². The van der Waals surface area contributed by atoms with Gasteiger partial charge in [0.2, 0.25) is 5.91 Å². The highest BCUT2D eigenvalue weighted by atomic mass is 16.2. The summed E-state index contributed by atoms with van der Waals surface area (Å²) in [4.78, 5) is 20.5. The molecule has 27 heavy (non-hydrogen) atoms. The lowest BCUT2D eigenvalue weighted by atomic mass is 10.1. The van der Waals surface area contributed by atoms with E-state index in [9.17, 15) is 4.79 Å². The van der Waals surface area contributed by atoms with Gasteiger partial charge in [0.25, 0.3) is 0 Å². The Balaban J connectivity index is 1.78. The van der Waals surface area contributed by atoms with E-state index in [1.165, 1.54) is 5.56 Å². The first-order valence-corrected chi connectivity index (χ1v) is 9.17. The van der Waals surface area contributed by atoms with Crippen molar-refractivity contribution < 1.29 is 4.79 Å². The molecule has 0 saturated heterocycles. The van der Waals surface area contributed by atoms with Crippen molar-refractivity contribution in [2.75, 3.05) is 20.1 Å². The third-order valence-electron chi connectivity index (χ3n) is 3.79. The number of nitrogens with zero attached hydrogens (tertiary/aromatic N) is 3. The smallest absolute Gasteiger partial charge is 0.239 e. The summed E-state index contributed by atoms with van der Waals surface area (Å²) in [6.45, 7) is 7.52. The molecule has 0 atom stereocenters. The van der Waals surface area contributed by atoms with Crippen molar-refractivity contribution in [1.29, 1.82) is 0 Å². The molecule has 146 valence electrons. The van der Waals surface area contributed by atoms with Crippen LogP contribution in [0.5, 0.6) is 0 Å². The lowest BCUT2D eigenvalue weighted by molar-refractivity contribution is -0.121. The molecule has 0 aliphatic rings. The van der Waals surface area contributed by atoms with Crippen LogP contribution in [0.3, 0.4) is 0 Å². The van der Waals surface area contributed by atoms with Crippen LogP contribution in [0, 0.1) is 0 Å². The van der Waals surface area contributed by atoms with Crippen molar-refractivity contribution in [2.45, 2.75) is 39.3 Å². The molecule has 0 bridgehead atoms. The summed E-state index contributed by atoms with van der Waals surface area (Å²) in [6, 6.07) is 10.3. The third-order valence-corrected chi connectivity index (χ3v) is 3.79.